The van der Waals surface area contributed by atoms with Gasteiger partial charge < -0.3 is 0 Å². The van der Waals surface area contributed by atoms with Crippen molar-refractivity contribution in [2.45, 2.75) is 6.54 Å². The highest BCUT2D eigenvalue weighted by Gasteiger charge is 2.10. The second kappa shape index (κ2) is 5.47. The quantitative estimate of drug-likeness (QED) is 0.389. The number of H-pyrrole nitrogens is 1. The van der Waals surface area contributed by atoms with E-state index in [1.807, 2.05) is 5.43 Å². The Labute approximate surface area is 118 Å². The first kappa shape index (κ1) is 13.6. The van der Waals surface area contributed by atoms with Gasteiger partial charge in [-0.25, -0.2) is 15.6 Å². The van der Waals surface area contributed by atoms with Crippen LogP contribution in [0.4, 0.5) is 0 Å². The summed E-state index contributed by atoms with van der Waals surface area (Å²) in [5.41, 5.74) is 1.44. The number of hydrazine groups is 1. The molecule has 0 atom stereocenters. The number of rotatable bonds is 3. The maximum absolute atomic E-state index is 11.6. The number of carbonyl (C=O) groups excluding carboxylic acids is 1. The number of aromatic nitrogens is 3. The van der Waals surface area contributed by atoms with E-state index < -0.39 is 17.2 Å². The third kappa shape index (κ3) is 2.97. The molecule has 0 aliphatic carbocycles. The van der Waals surface area contributed by atoms with E-state index in [9.17, 15) is 14.4 Å². The molecule has 0 bridgehead atoms. The summed E-state index contributed by atoms with van der Waals surface area (Å²) in [6, 6.07) is 0. The summed E-state index contributed by atoms with van der Waals surface area (Å²) in [7, 11) is 0. The van der Waals surface area contributed by atoms with Gasteiger partial charge in [-0.2, -0.15) is 0 Å². The van der Waals surface area contributed by atoms with E-state index >= 15 is 0 Å². The zero-order valence-electron chi connectivity index (χ0n) is 9.34. The van der Waals surface area contributed by atoms with Crippen molar-refractivity contribution in [3.05, 3.63) is 47.6 Å². The van der Waals surface area contributed by atoms with Crippen molar-refractivity contribution in [2.75, 3.05) is 0 Å². The van der Waals surface area contributed by atoms with Crippen LogP contribution in [-0.2, 0) is 6.54 Å². The first-order chi connectivity index (χ1) is 9.01. The smallest absolute Gasteiger partial charge is 0.293 e. The molecule has 0 fully saturated rings. The molecule has 10 heteroatoms. The summed E-state index contributed by atoms with van der Waals surface area (Å²) in [5, 5.41) is 1.84. The van der Waals surface area contributed by atoms with E-state index in [1.165, 1.54) is 10.8 Å². The highest BCUT2D eigenvalue weighted by atomic mass is 79.9. The number of halogens is 1. The predicted octanol–water partition coefficient (Wildman–Crippen LogP) is -0.593. The molecular formula is C9H8BrN5O3S. The van der Waals surface area contributed by atoms with Crippen LogP contribution in [0, 0.1) is 0 Å². The average molecular weight is 346 g/mol. The van der Waals surface area contributed by atoms with Gasteiger partial charge in [0.05, 0.1) is 16.7 Å². The van der Waals surface area contributed by atoms with Crippen molar-refractivity contribution >= 4 is 33.2 Å². The number of thiazole rings is 1. The minimum absolute atomic E-state index is 0.141. The molecule has 19 heavy (non-hydrogen) atoms. The Hall–Kier alpha value is -1.78. The van der Waals surface area contributed by atoms with Crippen LogP contribution in [0.1, 0.15) is 15.5 Å². The van der Waals surface area contributed by atoms with Gasteiger partial charge in [0, 0.05) is 11.6 Å². The molecular weight excluding hydrogens is 338 g/mol. The monoisotopic (exact) mass is 345 g/mol. The Morgan fingerprint density at radius 1 is 1.58 bits per heavy atom. The van der Waals surface area contributed by atoms with Gasteiger partial charge in [-0.15, -0.1) is 11.3 Å². The third-order valence-electron chi connectivity index (χ3n) is 2.18. The van der Waals surface area contributed by atoms with Crippen molar-refractivity contribution in [2.24, 2.45) is 5.84 Å². The lowest BCUT2D eigenvalue weighted by Crippen LogP contribution is -2.31. The normalized spacial score (nSPS) is 10.4. The molecule has 0 aliphatic heterocycles. The zero-order chi connectivity index (χ0) is 14.0. The lowest BCUT2D eigenvalue weighted by Gasteiger charge is -2.02. The third-order valence-corrected chi connectivity index (χ3v) is 3.63. The molecule has 0 saturated heterocycles. The lowest BCUT2D eigenvalue weighted by molar-refractivity contribution is 0.0953. The van der Waals surface area contributed by atoms with Gasteiger partial charge in [-0.1, -0.05) is 0 Å². The molecule has 8 nitrogen and oxygen atoms in total. The maximum Gasteiger partial charge on any atom is 0.328 e. The largest absolute Gasteiger partial charge is 0.328 e. The fourth-order valence-electron chi connectivity index (χ4n) is 1.32. The topological polar surface area (TPSA) is 123 Å². The molecule has 0 saturated carbocycles. The fraction of sp³-hybridized carbons (Fsp3) is 0.111. The summed E-state index contributed by atoms with van der Waals surface area (Å²) < 4.78 is 1.51. The number of nitrogens with two attached hydrogens (primary N) is 1. The van der Waals surface area contributed by atoms with Crippen LogP contribution in [0.3, 0.4) is 0 Å². The summed E-state index contributed by atoms with van der Waals surface area (Å²) in [5.74, 6) is 4.50. The van der Waals surface area contributed by atoms with Gasteiger partial charge in [0.25, 0.3) is 11.5 Å². The molecule has 2 rings (SSSR count). The minimum Gasteiger partial charge on any atom is -0.293 e. The summed E-state index contributed by atoms with van der Waals surface area (Å²) >= 11 is 4.14. The van der Waals surface area contributed by atoms with E-state index in [2.05, 4.69) is 25.9 Å². The van der Waals surface area contributed by atoms with E-state index in [0.717, 1.165) is 11.3 Å². The fourth-order valence-corrected chi connectivity index (χ4v) is 2.38. The summed E-state index contributed by atoms with van der Waals surface area (Å²) in [6.07, 6.45) is 1.36. The van der Waals surface area contributed by atoms with E-state index in [4.69, 9.17) is 5.84 Å². The second-order valence-electron chi connectivity index (χ2n) is 3.48. The number of nitrogen functional groups attached to an aromatic ring is 1. The zero-order valence-corrected chi connectivity index (χ0v) is 11.7. The number of hydrogen-bond acceptors (Lipinski definition) is 6. The van der Waals surface area contributed by atoms with Crippen LogP contribution < -0.4 is 22.5 Å². The summed E-state index contributed by atoms with van der Waals surface area (Å²) in [4.78, 5) is 40.1. The van der Waals surface area contributed by atoms with Crippen molar-refractivity contribution in [3.8, 4) is 0 Å². The molecule has 0 spiro atoms. The Kier molecular flexibility index (Phi) is 3.93. The van der Waals surface area contributed by atoms with Crippen LogP contribution >= 0.6 is 27.3 Å². The molecule has 0 radical (unpaired) electrons. The lowest BCUT2D eigenvalue weighted by atomic mass is 10.4. The van der Waals surface area contributed by atoms with E-state index in [1.54, 1.807) is 5.38 Å². The van der Waals surface area contributed by atoms with E-state index in [-0.39, 0.29) is 16.0 Å². The van der Waals surface area contributed by atoms with Crippen molar-refractivity contribution in [1.29, 1.82) is 0 Å². The Morgan fingerprint density at radius 3 is 3.00 bits per heavy atom. The number of hydrogen-bond donors (Lipinski definition) is 3. The number of aromatic amines is 1. The molecule has 100 valence electrons. The number of carbonyl (C=O) groups is 1. The van der Waals surface area contributed by atoms with Crippen molar-refractivity contribution < 1.29 is 4.79 Å². The number of amides is 1. The molecule has 0 unspecified atom stereocenters. The van der Waals surface area contributed by atoms with Crippen LogP contribution in [0.2, 0.25) is 0 Å². The van der Waals surface area contributed by atoms with Gasteiger partial charge in [0.1, 0.15) is 0 Å². The highest BCUT2D eigenvalue weighted by Crippen LogP contribution is 2.10. The molecule has 1 amide bonds. The van der Waals surface area contributed by atoms with Crippen LogP contribution in [-0.4, -0.2) is 20.4 Å². The van der Waals surface area contributed by atoms with Crippen LogP contribution in [0.5, 0.6) is 0 Å². The summed E-state index contributed by atoms with van der Waals surface area (Å²) in [6.45, 7) is 0.141. The molecule has 2 aromatic rings. The molecule has 4 N–H and O–H groups in total. The number of nitrogens with zero attached hydrogens (tertiary/aromatic N) is 2. The Morgan fingerprint density at radius 2 is 2.32 bits per heavy atom. The minimum atomic E-state index is -0.550. The number of nitrogens with one attached hydrogen (secondary N) is 2. The Bertz CT molecular complexity index is 734. The predicted molar refractivity (Wildman–Crippen MR) is 71.9 cm³/mol. The maximum atomic E-state index is 11.6. The standard InChI is InChI=1S/C9H8BrN5O3S/c10-5-2-15(9(18)13-6(5)16)1-4-3-19-8(12-4)7(17)14-11/h2-3H,1,11H2,(H,14,17)(H,13,16,18). The van der Waals surface area contributed by atoms with Gasteiger partial charge >= 0.3 is 5.69 Å². The van der Waals surface area contributed by atoms with Crippen LogP contribution in [0.15, 0.2) is 25.6 Å². The van der Waals surface area contributed by atoms with Gasteiger partial charge in [-0.05, 0) is 15.9 Å². The van der Waals surface area contributed by atoms with Crippen molar-refractivity contribution in [3.63, 3.8) is 0 Å². The molecule has 2 aromatic heterocycles. The van der Waals surface area contributed by atoms with Gasteiger partial charge in [0.15, 0.2) is 5.01 Å². The SMILES string of the molecule is NNC(=O)c1nc(Cn2cc(Br)c(=O)[nH]c2=O)cs1. The molecule has 0 aliphatic rings. The molecule has 2 heterocycles. The first-order valence-electron chi connectivity index (χ1n) is 4.96. The average Bonchev–Trinajstić information content (AvgIpc) is 2.83. The van der Waals surface area contributed by atoms with Crippen molar-refractivity contribution in [1.82, 2.24) is 20.0 Å². The second-order valence-corrected chi connectivity index (χ2v) is 5.19. The van der Waals surface area contributed by atoms with E-state index in [0.29, 0.717) is 5.69 Å². The highest BCUT2D eigenvalue weighted by molar-refractivity contribution is 9.10. The molecule has 0 aromatic carbocycles. The van der Waals surface area contributed by atoms with Crippen LogP contribution in [0.25, 0.3) is 0 Å². The van der Waals surface area contributed by atoms with Gasteiger partial charge in [-0.3, -0.25) is 24.6 Å². The Balaban J connectivity index is 2.29. The first-order valence-corrected chi connectivity index (χ1v) is 6.63. The van der Waals surface area contributed by atoms with Gasteiger partial charge in [0.2, 0.25) is 0 Å².